The van der Waals surface area contributed by atoms with E-state index in [0.717, 1.165) is 11.1 Å². The molecule has 0 N–H and O–H groups in total. The first kappa shape index (κ1) is 19.7. The van der Waals surface area contributed by atoms with Crippen molar-refractivity contribution in [2.45, 2.75) is 25.7 Å². The Hall–Kier alpha value is -2.62. The Morgan fingerprint density at radius 2 is 0.962 bits per heavy atom. The number of rotatable bonds is 7. The maximum atomic E-state index is 12.4. The summed E-state index contributed by atoms with van der Waals surface area (Å²) in [4.78, 5) is 24.8. The van der Waals surface area contributed by atoms with Gasteiger partial charge in [-0.2, -0.15) is 0 Å². The minimum Gasteiger partial charge on any atom is -0.469 e. The zero-order chi connectivity index (χ0) is 19.1. The van der Waals surface area contributed by atoms with Crippen molar-refractivity contribution in [3.63, 3.8) is 0 Å². The van der Waals surface area contributed by atoms with Crippen LogP contribution in [0, 0.1) is 11.8 Å². The van der Waals surface area contributed by atoms with E-state index in [4.69, 9.17) is 9.47 Å². The van der Waals surface area contributed by atoms with E-state index in [1.807, 2.05) is 74.5 Å². The average molecular weight is 354 g/mol. The summed E-state index contributed by atoms with van der Waals surface area (Å²) in [5.74, 6) is -1.87. The van der Waals surface area contributed by atoms with Crippen molar-refractivity contribution in [2.75, 3.05) is 14.2 Å². The number of benzene rings is 2. The predicted molar refractivity (Wildman–Crippen MR) is 101 cm³/mol. The lowest BCUT2D eigenvalue weighted by atomic mass is 9.69. The summed E-state index contributed by atoms with van der Waals surface area (Å²) < 4.78 is 10.0. The van der Waals surface area contributed by atoms with E-state index in [-0.39, 0.29) is 23.8 Å². The molecule has 2 aromatic rings. The predicted octanol–water partition coefficient (Wildman–Crippen LogP) is 4.17. The fourth-order valence-electron chi connectivity index (χ4n) is 3.63. The topological polar surface area (TPSA) is 52.6 Å². The Labute approximate surface area is 155 Å². The molecule has 0 heterocycles. The van der Waals surface area contributed by atoms with Crippen LogP contribution in [0.1, 0.15) is 36.8 Å². The molecule has 0 fully saturated rings. The normalized spacial score (nSPS) is 15.4. The number of hydrogen-bond acceptors (Lipinski definition) is 4. The van der Waals surface area contributed by atoms with E-state index in [1.165, 1.54) is 14.2 Å². The summed E-state index contributed by atoms with van der Waals surface area (Å²) in [5.41, 5.74) is 1.99. The zero-order valence-corrected chi connectivity index (χ0v) is 15.7. The van der Waals surface area contributed by atoms with Gasteiger partial charge in [0.15, 0.2) is 0 Å². The van der Waals surface area contributed by atoms with Crippen LogP contribution in [0.15, 0.2) is 60.7 Å². The molecule has 0 spiro atoms. The maximum absolute atomic E-state index is 12.4. The third-order valence-electron chi connectivity index (χ3n) is 4.98. The molecule has 0 saturated carbocycles. The second-order valence-corrected chi connectivity index (χ2v) is 6.50. The molecule has 4 heteroatoms. The minimum atomic E-state index is -0.417. The van der Waals surface area contributed by atoms with E-state index in [2.05, 4.69) is 0 Å². The molecule has 4 atom stereocenters. The highest BCUT2D eigenvalue weighted by atomic mass is 16.5. The summed E-state index contributed by atoms with van der Waals surface area (Å²) in [6.45, 7) is 3.70. The Morgan fingerprint density at radius 1 is 0.654 bits per heavy atom. The van der Waals surface area contributed by atoms with Gasteiger partial charge in [-0.3, -0.25) is 9.59 Å². The highest BCUT2D eigenvalue weighted by Crippen LogP contribution is 2.44. The molecular weight excluding hydrogens is 328 g/mol. The van der Waals surface area contributed by atoms with Crippen LogP contribution >= 0.6 is 0 Å². The van der Waals surface area contributed by atoms with Gasteiger partial charge in [-0.15, -0.1) is 0 Å². The van der Waals surface area contributed by atoms with E-state index in [0.29, 0.717) is 0 Å². The molecule has 138 valence electrons. The summed E-state index contributed by atoms with van der Waals surface area (Å²) in [6, 6.07) is 19.6. The number of carbonyl (C=O) groups is 2. The van der Waals surface area contributed by atoms with Crippen molar-refractivity contribution < 1.29 is 19.1 Å². The van der Waals surface area contributed by atoms with Crippen LogP contribution in [0.2, 0.25) is 0 Å². The molecule has 4 nitrogen and oxygen atoms in total. The fourth-order valence-corrected chi connectivity index (χ4v) is 3.63. The number of esters is 2. The van der Waals surface area contributed by atoms with Gasteiger partial charge in [-0.1, -0.05) is 74.5 Å². The summed E-state index contributed by atoms with van der Waals surface area (Å²) in [5, 5.41) is 0. The lowest BCUT2D eigenvalue weighted by Gasteiger charge is -2.34. The third kappa shape index (κ3) is 4.31. The van der Waals surface area contributed by atoms with Gasteiger partial charge in [0.05, 0.1) is 26.1 Å². The highest BCUT2D eigenvalue weighted by Gasteiger charge is 2.39. The monoisotopic (exact) mass is 354 g/mol. The quantitative estimate of drug-likeness (QED) is 0.700. The first-order valence-electron chi connectivity index (χ1n) is 8.76. The molecule has 2 aromatic carbocycles. The standard InChI is InChI=1S/C22H26O4/c1-15(21(23)25-3)19(17-11-7-5-8-12-17)20(16(2)22(24)26-4)18-13-9-6-10-14-18/h5-16,19-20H,1-4H3. The van der Waals surface area contributed by atoms with Crippen LogP contribution in [0.25, 0.3) is 0 Å². The van der Waals surface area contributed by atoms with Gasteiger partial charge in [0.1, 0.15) is 0 Å². The van der Waals surface area contributed by atoms with Gasteiger partial charge >= 0.3 is 11.9 Å². The Morgan fingerprint density at radius 3 is 1.23 bits per heavy atom. The molecule has 0 aliphatic rings. The van der Waals surface area contributed by atoms with E-state index in [1.54, 1.807) is 0 Å². The summed E-state index contributed by atoms with van der Waals surface area (Å²) in [7, 11) is 2.78. The lowest BCUT2D eigenvalue weighted by Crippen LogP contribution is -2.32. The van der Waals surface area contributed by atoms with Crippen LogP contribution in [0.3, 0.4) is 0 Å². The van der Waals surface area contributed by atoms with Gasteiger partial charge in [-0.25, -0.2) is 0 Å². The van der Waals surface area contributed by atoms with Crippen molar-refractivity contribution in [1.82, 2.24) is 0 Å². The van der Waals surface area contributed by atoms with Gasteiger partial charge in [0, 0.05) is 11.8 Å². The molecule has 2 rings (SSSR count). The van der Waals surface area contributed by atoms with Crippen molar-refractivity contribution in [1.29, 1.82) is 0 Å². The number of ether oxygens (including phenoxy) is 2. The number of carbonyl (C=O) groups excluding carboxylic acids is 2. The van der Waals surface area contributed by atoms with Crippen LogP contribution in [0.5, 0.6) is 0 Å². The smallest absolute Gasteiger partial charge is 0.309 e. The first-order valence-corrected chi connectivity index (χ1v) is 8.76. The highest BCUT2D eigenvalue weighted by molar-refractivity contribution is 5.76. The Kier molecular flexibility index (Phi) is 6.96. The van der Waals surface area contributed by atoms with Gasteiger partial charge < -0.3 is 9.47 Å². The lowest BCUT2D eigenvalue weighted by molar-refractivity contribution is -0.149. The summed E-state index contributed by atoms with van der Waals surface area (Å²) >= 11 is 0. The van der Waals surface area contributed by atoms with Crippen LogP contribution in [-0.4, -0.2) is 26.2 Å². The molecule has 26 heavy (non-hydrogen) atoms. The molecule has 0 amide bonds. The summed E-state index contributed by atoms with van der Waals surface area (Å²) in [6.07, 6.45) is 0. The van der Waals surface area contributed by atoms with E-state index < -0.39 is 11.8 Å². The number of methoxy groups -OCH3 is 2. The van der Waals surface area contributed by atoms with Crippen molar-refractivity contribution in [2.24, 2.45) is 11.8 Å². The number of hydrogen-bond donors (Lipinski definition) is 0. The van der Waals surface area contributed by atoms with Crippen LogP contribution in [0.4, 0.5) is 0 Å². The Bertz CT molecular complexity index is 648. The maximum Gasteiger partial charge on any atom is 0.309 e. The average Bonchev–Trinajstić information content (AvgIpc) is 2.70. The first-order chi connectivity index (χ1) is 12.5. The molecule has 0 aliphatic carbocycles. The second-order valence-electron chi connectivity index (χ2n) is 6.50. The fraction of sp³-hybridized carbons (Fsp3) is 0.364. The molecule has 0 saturated heterocycles. The molecule has 0 radical (unpaired) electrons. The van der Waals surface area contributed by atoms with Crippen molar-refractivity contribution in [3.8, 4) is 0 Å². The SMILES string of the molecule is COC(=O)C(C)C(c1ccccc1)C(c1ccccc1)C(C)C(=O)OC. The molecule has 4 unspecified atom stereocenters. The largest absolute Gasteiger partial charge is 0.469 e. The third-order valence-corrected chi connectivity index (χ3v) is 4.98. The minimum absolute atomic E-state index is 0.222. The van der Waals surface area contributed by atoms with E-state index in [9.17, 15) is 9.59 Å². The van der Waals surface area contributed by atoms with Gasteiger partial charge in [-0.05, 0) is 11.1 Å². The van der Waals surface area contributed by atoms with Gasteiger partial charge in [0.25, 0.3) is 0 Å². The molecule has 0 aromatic heterocycles. The van der Waals surface area contributed by atoms with Crippen molar-refractivity contribution >= 4 is 11.9 Å². The van der Waals surface area contributed by atoms with Crippen LogP contribution in [-0.2, 0) is 19.1 Å². The zero-order valence-electron chi connectivity index (χ0n) is 15.7. The second kappa shape index (κ2) is 9.18. The molecular formula is C22H26O4. The van der Waals surface area contributed by atoms with Crippen LogP contribution < -0.4 is 0 Å². The van der Waals surface area contributed by atoms with Gasteiger partial charge in [0.2, 0.25) is 0 Å². The Balaban J connectivity index is 2.60. The van der Waals surface area contributed by atoms with Crippen molar-refractivity contribution in [3.05, 3.63) is 71.8 Å². The van der Waals surface area contributed by atoms with E-state index >= 15 is 0 Å². The molecule has 0 aliphatic heterocycles. The molecule has 0 bridgehead atoms.